The van der Waals surface area contributed by atoms with Gasteiger partial charge in [0.1, 0.15) is 13.1 Å². The van der Waals surface area contributed by atoms with Crippen LogP contribution in [-0.4, -0.2) is 52.0 Å². The first-order valence-corrected chi connectivity index (χ1v) is 12.9. The first-order valence-electron chi connectivity index (χ1n) is 12.9. The maximum Gasteiger partial charge on any atom is 0.323 e. The van der Waals surface area contributed by atoms with E-state index >= 15 is 0 Å². The van der Waals surface area contributed by atoms with E-state index in [0.717, 1.165) is 21.6 Å². The number of rotatable bonds is 12. The van der Waals surface area contributed by atoms with Crippen LogP contribution in [0.5, 0.6) is 0 Å². The molecule has 9 heteroatoms. The van der Waals surface area contributed by atoms with Crippen LogP contribution in [0.25, 0.3) is 6.08 Å². The fourth-order valence-electron chi connectivity index (χ4n) is 4.47. The number of carbonyl (C=O) groups is 4. The molecule has 4 rings (SSSR count). The van der Waals surface area contributed by atoms with Gasteiger partial charge in [0.2, 0.25) is 0 Å². The molecule has 0 bridgehead atoms. The average molecular weight is 565 g/mol. The van der Waals surface area contributed by atoms with E-state index in [1.54, 1.807) is 12.1 Å². The summed E-state index contributed by atoms with van der Waals surface area (Å²) in [6.45, 7) is -1.49. The van der Waals surface area contributed by atoms with Crippen molar-refractivity contribution in [3.05, 3.63) is 149 Å². The summed E-state index contributed by atoms with van der Waals surface area (Å²) in [5.74, 6) is -3.92. The molecular weight excluding hydrogens is 536 g/mol. The van der Waals surface area contributed by atoms with Gasteiger partial charge in [-0.1, -0.05) is 103 Å². The fourth-order valence-corrected chi connectivity index (χ4v) is 4.47. The third-order valence-corrected chi connectivity index (χ3v) is 6.37. The Labute approximate surface area is 242 Å². The Morgan fingerprint density at radius 3 is 1.50 bits per heavy atom. The SMILES string of the molecule is O=C(O)CN(CC(=O)O)C(=O)c1ccc(/C=C/C(=O)NOC(c2ccccc2)(c2ccccc2)c2ccccc2)cc1. The van der Waals surface area contributed by atoms with Crippen LogP contribution in [0.1, 0.15) is 32.6 Å². The van der Waals surface area contributed by atoms with Crippen molar-refractivity contribution >= 4 is 29.8 Å². The molecule has 9 nitrogen and oxygen atoms in total. The maximum absolute atomic E-state index is 12.9. The minimum atomic E-state index is -1.33. The van der Waals surface area contributed by atoms with Gasteiger partial charge in [-0.15, -0.1) is 0 Å². The third kappa shape index (κ3) is 7.15. The van der Waals surface area contributed by atoms with E-state index in [4.69, 9.17) is 15.1 Å². The normalized spacial score (nSPS) is 11.1. The number of aliphatic carboxylic acids is 2. The van der Waals surface area contributed by atoms with E-state index < -0.39 is 42.4 Å². The lowest BCUT2D eigenvalue weighted by atomic mass is 9.80. The summed E-state index contributed by atoms with van der Waals surface area (Å²) in [5, 5.41) is 18.0. The predicted molar refractivity (Wildman–Crippen MR) is 155 cm³/mol. The molecule has 0 aliphatic rings. The highest BCUT2D eigenvalue weighted by Gasteiger charge is 2.39. The number of hydroxylamine groups is 1. The number of benzene rings is 4. The van der Waals surface area contributed by atoms with Gasteiger partial charge >= 0.3 is 11.9 Å². The largest absolute Gasteiger partial charge is 0.480 e. The van der Waals surface area contributed by atoms with Crippen molar-refractivity contribution in [2.24, 2.45) is 0 Å². The van der Waals surface area contributed by atoms with Gasteiger partial charge in [0.05, 0.1) is 0 Å². The summed E-state index contributed by atoms with van der Waals surface area (Å²) >= 11 is 0. The van der Waals surface area contributed by atoms with Crippen LogP contribution in [-0.2, 0) is 24.8 Å². The van der Waals surface area contributed by atoms with Crippen molar-refractivity contribution in [2.45, 2.75) is 5.60 Å². The number of hydrogen-bond donors (Lipinski definition) is 3. The summed E-state index contributed by atoms with van der Waals surface area (Å²) in [5.41, 5.74) is 4.55. The van der Waals surface area contributed by atoms with Gasteiger partial charge < -0.3 is 15.1 Å². The zero-order valence-corrected chi connectivity index (χ0v) is 22.4. The molecule has 0 spiro atoms. The van der Waals surface area contributed by atoms with E-state index in [1.807, 2.05) is 91.0 Å². The van der Waals surface area contributed by atoms with Gasteiger partial charge in [-0.2, -0.15) is 0 Å². The third-order valence-electron chi connectivity index (χ3n) is 6.37. The molecule has 0 radical (unpaired) electrons. The fraction of sp³-hybridized carbons (Fsp3) is 0.0909. The quantitative estimate of drug-likeness (QED) is 0.132. The van der Waals surface area contributed by atoms with E-state index in [9.17, 15) is 19.2 Å². The Bertz CT molecular complexity index is 1440. The summed E-state index contributed by atoms with van der Waals surface area (Å²) < 4.78 is 0. The second-order valence-corrected chi connectivity index (χ2v) is 9.25. The highest BCUT2D eigenvalue weighted by atomic mass is 16.7. The van der Waals surface area contributed by atoms with E-state index in [2.05, 4.69) is 5.48 Å². The molecule has 4 aromatic rings. The molecule has 0 aliphatic carbocycles. The van der Waals surface area contributed by atoms with Gasteiger partial charge in [-0.25, -0.2) is 5.48 Å². The van der Waals surface area contributed by atoms with Crippen molar-refractivity contribution < 1.29 is 34.2 Å². The van der Waals surface area contributed by atoms with Crippen molar-refractivity contribution in [2.75, 3.05) is 13.1 Å². The van der Waals surface area contributed by atoms with E-state index in [-0.39, 0.29) is 5.56 Å². The molecule has 0 saturated heterocycles. The lowest BCUT2D eigenvalue weighted by Gasteiger charge is -2.34. The first kappa shape index (κ1) is 29.4. The minimum absolute atomic E-state index is 0.112. The van der Waals surface area contributed by atoms with Crippen LogP contribution < -0.4 is 5.48 Å². The second kappa shape index (κ2) is 13.7. The molecule has 212 valence electrons. The number of carbonyl (C=O) groups excluding carboxylic acids is 2. The van der Waals surface area contributed by atoms with Gasteiger partial charge in [-0.05, 0) is 40.5 Å². The molecule has 0 saturated carbocycles. The number of nitrogens with zero attached hydrogens (tertiary/aromatic N) is 1. The summed E-state index contributed by atoms with van der Waals surface area (Å²) in [6.07, 6.45) is 2.80. The van der Waals surface area contributed by atoms with Crippen molar-refractivity contribution in [3.63, 3.8) is 0 Å². The minimum Gasteiger partial charge on any atom is -0.480 e. The zero-order chi connectivity index (χ0) is 30.0. The van der Waals surface area contributed by atoms with Gasteiger partial charge in [-0.3, -0.25) is 24.0 Å². The molecule has 2 amide bonds. The Morgan fingerprint density at radius 1 is 0.667 bits per heavy atom. The molecule has 42 heavy (non-hydrogen) atoms. The topological polar surface area (TPSA) is 133 Å². The van der Waals surface area contributed by atoms with Crippen LogP contribution in [0.15, 0.2) is 121 Å². The molecule has 0 aromatic heterocycles. The lowest BCUT2D eigenvalue weighted by molar-refractivity contribution is -0.141. The Hall–Kier alpha value is -5.54. The van der Waals surface area contributed by atoms with Crippen molar-refractivity contribution in [1.82, 2.24) is 10.4 Å². The maximum atomic E-state index is 12.9. The monoisotopic (exact) mass is 564 g/mol. The van der Waals surface area contributed by atoms with Crippen LogP contribution in [0.2, 0.25) is 0 Å². The molecule has 0 unspecified atom stereocenters. The Morgan fingerprint density at radius 2 is 1.10 bits per heavy atom. The molecule has 0 atom stereocenters. The predicted octanol–water partition coefficient (Wildman–Crippen LogP) is 4.35. The number of nitrogens with one attached hydrogen (secondary N) is 1. The van der Waals surface area contributed by atoms with Crippen LogP contribution in [0.4, 0.5) is 0 Å². The van der Waals surface area contributed by atoms with Crippen LogP contribution in [0.3, 0.4) is 0 Å². The van der Waals surface area contributed by atoms with E-state index in [0.29, 0.717) is 5.56 Å². The Balaban J connectivity index is 1.53. The molecule has 3 N–H and O–H groups in total. The Kier molecular flexibility index (Phi) is 9.60. The summed E-state index contributed by atoms with van der Waals surface area (Å²) in [7, 11) is 0. The van der Waals surface area contributed by atoms with Crippen LogP contribution >= 0.6 is 0 Å². The number of carboxylic acids is 2. The van der Waals surface area contributed by atoms with Crippen LogP contribution in [0, 0.1) is 0 Å². The molecule has 0 aliphatic heterocycles. The van der Waals surface area contributed by atoms with E-state index in [1.165, 1.54) is 24.3 Å². The number of amides is 2. The molecule has 0 heterocycles. The number of carboxylic acid groups (broad SMARTS) is 2. The second-order valence-electron chi connectivity index (χ2n) is 9.25. The zero-order valence-electron chi connectivity index (χ0n) is 22.4. The number of hydrogen-bond acceptors (Lipinski definition) is 5. The standard InChI is InChI=1S/C33H28N2O7/c36-29(21-18-24-16-19-25(20-17-24)32(41)35(22-30(37)38)23-31(39)40)34-42-33(26-10-4-1-5-11-26,27-12-6-2-7-13-27)28-14-8-3-9-15-28/h1-21H,22-23H2,(H,34,36)(H,37,38)(H,39,40)/b21-18+. The molecule has 4 aromatic carbocycles. The first-order chi connectivity index (χ1) is 20.3. The lowest BCUT2D eigenvalue weighted by Crippen LogP contribution is -2.40. The molecule has 0 fully saturated rings. The average Bonchev–Trinajstić information content (AvgIpc) is 3.01. The van der Waals surface area contributed by atoms with Gasteiger partial charge in [0.15, 0.2) is 5.60 Å². The van der Waals surface area contributed by atoms with Gasteiger partial charge in [0, 0.05) is 11.6 Å². The summed E-state index contributed by atoms with van der Waals surface area (Å²) in [4.78, 5) is 54.6. The van der Waals surface area contributed by atoms with Crippen molar-refractivity contribution in [1.29, 1.82) is 0 Å². The highest BCUT2D eigenvalue weighted by Crippen LogP contribution is 2.39. The summed E-state index contributed by atoms with van der Waals surface area (Å²) in [6, 6.07) is 34.7. The highest BCUT2D eigenvalue weighted by molar-refractivity contribution is 5.98. The molecular formula is C33H28N2O7. The van der Waals surface area contributed by atoms with Crippen molar-refractivity contribution in [3.8, 4) is 0 Å². The smallest absolute Gasteiger partial charge is 0.323 e. The van der Waals surface area contributed by atoms with Gasteiger partial charge in [0.25, 0.3) is 11.8 Å².